The molecule has 2 rings (SSSR count). The van der Waals surface area contributed by atoms with Gasteiger partial charge in [0.15, 0.2) is 0 Å². The highest BCUT2D eigenvalue weighted by Crippen LogP contribution is 2.25. The van der Waals surface area contributed by atoms with Crippen LogP contribution < -0.4 is 10.2 Å². The summed E-state index contributed by atoms with van der Waals surface area (Å²) >= 11 is 5.48. The first-order chi connectivity index (χ1) is 9.70. The van der Waals surface area contributed by atoms with E-state index < -0.39 is 0 Å². The molecule has 0 fully saturated rings. The van der Waals surface area contributed by atoms with Gasteiger partial charge in [-0.05, 0) is 42.1 Å². The molecule has 0 saturated heterocycles. The molecule has 1 N–H and O–H groups in total. The molecule has 20 heavy (non-hydrogen) atoms. The van der Waals surface area contributed by atoms with Crippen LogP contribution in [0.25, 0.3) is 0 Å². The third-order valence-corrected chi connectivity index (χ3v) is 4.79. The fourth-order valence-corrected chi connectivity index (χ4v) is 3.31. The Balaban J connectivity index is 2.00. The molecule has 2 nitrogen and oxygen atoms in total. The molecule has 0 aliphatic heterocycles. The molecule has 0 atom stereocenters. The van der Waals surface area contributed by atoms with Gasteiger partial charge in [0.1, 0.15) is 0 Å². The van der Waals surface area contributed by atoms with Crippen molar-refractivity contribution < 1.29 is 0 Å². The summed E-state index contributed by atoms with van der Waals surface area (Å²) < 4.78 is 1.18. The van der Waals surface area contributed by atoms with Crippen LogP contribution in [0.15, 0.2) is 40.2 Å². The summed E-state index contributed by atoms with van der Waals surface area (Å²) in [5.74, 6) is 0. The number of halogens is 1. The summed E-state index contributed by atoms with van der Waals surface area (Å²) in [6.07, 6.45) is 1.17. The van der Waals surface area contributed by atoms with Gasteiger partial charge in [0.25, 0.3) is 0 Å². The van der Waals surface area contributed by atoms with E-state index in [4.69, 9.17) is 0 Å². The van der Waals surface area contributed by atoms with Crippen molar-refractivity contribution in [2.75, 3.05) is 18.5 Å². The number of hydrogen-bond acceptors (Lipinski definition) is 3. The summed E-state index contributed by atoms with van der Waals surface area (Å²) in [5.41, 5.74) is 2.55. The van der Waals surface area contributed by atoms with Gasteiger partial charge in [0, 0.05) is 28.6 Å². The van der Waals surface area contributed by atoms with Gasteiger partial charge in [0.05, 0.1) is 6.54 Å². The zero-order valence-electron chi connectivity index (χ0n) is 12.0. The SMILES string of the molecule is CCCNCc1ccc(N(C)Cc2cccs2)cc1Br. The molecule has 0 amide bonds. The fourth-order valence-electron chi connectivity index (χ4n) is 2.04. The van der Waals surface area contributed by atoms with Crippen molar-refractivity contribution in [3.8, 4) is 0 Å². The van der Waals surface area contributed by atoms with Gasteiger partial charge >= 0.3 is 0 Å². The van der Waals surface area contributed by atoms with E-state index in [1.807, 2.05) is 0 Å². The predicted octanol–water partition coefficient (Wildman–Crippen LogP) is 4.65. The average Bonchev–Trinajstić information content (AvgIpc) is 2.93. The normalized spacial score (nSPS) is 10.8. The number of anilines is 1. The summed E-state index contributed by atoms with van der Waals surface area (Å²) in [4.78, 5) is 3.66. The lowest BCUT2D eigenvalue weighted by atomic mass is 10.2. The van der Waals surface area contributed by atoms with E-state index in [2.05, 4.69) is 75.8 Å². The smallest absolute Gasteiger partial charge is 0.0519 e. The molecule has 0 spiro atoms. The molecule has 0 aliphatic carbocycles. The lowest BCUT2D eigenvalue weighted by Crippen LogP contribution is -2.17. The molecule has 1 aromatic heterocycles. The highest BCUT2D eigenvalue weighted by Gasteiger charge is 2.06. The molecule has 0 aliphatic rings. The fraction of sp³-hybridized carbons (Fsp3) is 0.375. The van der Waals surface area contributed by atoms with Crippen molar-refractivity contribution in [2.45, 2.75) is 26.4 Å². The molecular formula is C16H21BrN2S. The van der Waals surface area contributed by atoms with Gasteiger partial charge in [-0.25, -0.2) is 0 Å². The second-order valence-electron chi connectivity index (χ2n) is 4.89. The predicted molar refractivity (Wildman–Crippen MR) is 92.6 cm³/mol. The van der Waals surface area contributed by atoms with E-state index >= 15 is 0 Å². The summed E-state index contributed by atoms with van der Waals surface area (Å²) in [6.45, 7) is 5.12. The lowest BCUT2D eigenvalue weighted by molar-refractivity contribution is 0.674. The first kappa shape index (κ1) is 15.5. The summed E-state index contributed by atoms with van der Waals surface area (Å²) in [7, 11) is 2.14. The molecule has 0 saturated carbocycles. The van der Waals surface area contributed by atoms with Crippen LogP contribution in [0.4, 0.5) is 5.69 Å². The van der Waals surface area contributed by atoms with Crippen molar-refractivity contribution in [2.24, 2.45) is 0 Å². The zero-order chi connectivity index (χ0) is 14.4. The maximum Gasteiger partial charge on any atom is 0.0519 e. The number of hydrogen-bond donors (Lipinski definition) is 1. The molecule has 0 unspecified atom stereocenters. The average molecular weight is 353 g/mol. The number of nitrogens with zero attached hydrogens (tertiary/aromatic N) is 1. The van der Waals surface area contributed by atoms with E-state index in [0.717, 1.165) is 19.6 Å². The molecule has 4 heteroatoms. The Kier molecular flexibility index (Phi) is 6.07. The van der Waals surface area contributed by atoms with Crippen LogP contribution in [0.5, 0.6) is 0 Å². The van der Waals surface area contributed by atoms with Gasteiger partial charge < -0.3 is 10.2 Å². The quantitative estimate of drug-likeness (QED) is 0.729. The van der Waals surface area contributed by atoms with Crippen LogP contribution in [-0.4, -0.2) is 13.6 Å². The van der Waals surface area contributed by atoms with Crippen molar-refractivity contribution in [3.05, 3.63) is 50.6 Å². The maximum absolute atomic E-state index is 3.68. The van der Waals surface area contributed by atoms with E-state index in [9.17, 15) is 0 Å². The van der Waals surface area contributed by atoms with Crippen LogP contribution in [0.2, 0.25) is 0 Å². The third-order valence-electron chi connectivity index (χ3n) is 3.19. The summed E-state index contributed by atoms with van der Waals surface area (Å²) in [5, 5.41) is 5.56. The zero-order valence-corrected chi connectivity index (χ0v) is 14.4. The summed E-state index contributed by atoms with van der Waals surface area (Å²) in [6, 6.07) is 10.9. The van der Waals surface area contributed by atoms with Gasteiger partial charge in [-0.3, -0.25) is 0 Å². The highest BCUT2D eigenvalue weighted by molar-refractivity contribution is 9.10. The second kappa shape index (κ2) is 7.81. The van der Waals surface area contributed by atoms with E-state index in [-0.39, 0.29) is 0 Å². The standard InChI is InChI=1S/C16H21BrN2S/c1-3-8-18-11-13-6-7-14(10-16(13)17)19(2)12-15-5-4-9-20-15/h4-7,9-10,18H,3,8,11-12H2,1-2H3. The Morgan fingerprint density at radius 3 is 2.80 bits per heavy atom. The molecule has 0 bridgehead atoms. The molecule has 0 radical (unpaired) electrons. The third kappa shape index (κ3) is 4.33. The van der Waals surface area contributed by atoms with E-state index in [1.54, 1.807) is 11.3 Å². The van der Waals surface area contributed by atoms with Crippen molar-refractivity contribution >= 4 is 33.0 Å². The molecule has 108 valence electrons. The van der Waals surface area contributed by atoms with Gasteiger partial charge in [0.2, 0.25) is 0 Å². The maximum atomic E-state index is 3.68. The van der Waals surface area contributed by atoms with Crippen LogP contribution in [0.1, 0.15) is 23.8 Å². The first-order valence-electron chi connectivity index (χ1n) is 6.93. The van der Waals surface area contributed by atoms with Crippen molar-refractivity contribution in [1.82, 2.24) is 5.32 Å². The van der Waals surface area contributed by atoms with E-state index in [1.165, 1.54) is 27.0 Å². The molecular weight excluding hydrogens is 332 g/mol. The Morgan fingerprint density at radius 1 is 1.30 bits per heavy atom. The Morgan fingerprint density at radius 2 is 2.15 bits per heavy atom. The first-order valence-corrected chi connectivity index (χ1v) is 8.60. The largest absolute Gasteiger partial charge is 0.369 e. The van der Waals surface area contributed by atoms with Crippen LogP contribution in [0, 0.1) is 0 Å². The van der Waals surface area contributed by atoms with Gasteiger partial charge in [-0.15, -0.1) is 11.3 Å². The van der Waals surface area contributed by atoms with Crippen molar-refractivity contribution in [3.63, 3.8) is 0 Å². The number of thiophene rings is 1. The number of rotatable bonds is 7. The number of benzene rings is 1. The van der Waals surface area contributed by atoms with Crippen LogP contribution >= 0.6 is 27.3 Å². The highest BCUT2D eigenvalue weighted by atomic mass is 79.9. The molecule has 2 aromatic rings. The Labute approximate surface area is 133 Å². The van der Waals surface area contributed by atoms with Gasteiger partial charge in [-0.2, -0.15) is 0 Å². The van der Waals surface area contributed by atoms with E-state index in [0.29, 0.717) is 0 Å². The van der Waals surface area contributed by atoms with Crippen molar-refractivity contribution in [1.29, 1.82) is 0 Å². The molecule has 1 heterocycles. The lowest BCUT2D eigenvalue weighted by Gasteiger charge is -2.19. The second-order valence-corrected chi connectivity index (χ2v) is 6.77. The van der Waals surface area contributed by atoms with Crippen LogP contribution in [-0.2, 0) is 13.1 Å². The Hall–Kier alpha value is -0.840. The number of nitrogens with one attached hydrogen (secondary N) is 1. The topological polar surface area (TPSA) is 15.3 Å². The molecule has 1 aromatic carbocycles. The Bertz CT molecular complexity index is 525. The van der Waals surface area contributed by atoms with Crippen LogP contribution in [0.3, 0.4) is 0 Å². The van der Waals surface area contributed by atoms with Gasteiger partial charge in [-0.1, -0.05) is 35.0 Å². The minimum absolute atomic E-state index is 0.920. The minimum atomic E-state index is 0.920. The monoisotopic (exact) mass is 352 g/mol. The minimum Gasteiger partial charge on any atom is -0.369 e.